The number of rotatable bonds is 6. The molecule has 1 heterocycles. The average molecular weight is 298 g/mol. The van der Waals surface area contributed by atoms with Crippen LogP contribution in [0.2, 0.25) is 0 Å². The third-order valence-electron chi connectivity index (χ3n) is 4.49. The molecule has 2 rings (SSSR count). The molecule has 5 heteroatoms. The van der Waals surface area contributed by atoms with Gasteiger partial charge in [-0.15, -0.1) is 0 Å². The number of nitrogens with one attached hydrogen (secondary N) is 1. The predicted octanol–water partition coefficient (Wildman–Crippen LogP) is 1.30. The van der Waals surface area contributed by atoms with E-state index in [1.165, 1.54) is 0 Å². The van der Waals surface area contributed by atoms with Crippen molar-refractivity contribution in [2.45, 2.75) is 70.2 Å². The zero-order chi connectivity index (χ0) is 15.3. The van der Waals surface area contributed by atoms with Crippen LogP contribution in [0.4, 0.5) is 0 Å². The molecule has 5 nitrogen and oxygen atoms in total. The van der Waals surface area contributed by atoms with E-state index >= 15 is 0 Å². The van der Waals surface area contributed by atoms with Gasteiger partial charge in [0.25, 0.3) is 0 Å². The van der Waals surface area contributed by atoms with Gasteiger partial charge < -0.3 is 15.2 Å². The predicted molar refractivity (Wildman–Crippen MR) is 82.1 cm³/mol. The smallest absolute Gasteiger partial charge is 0.222 e. The number of ether oxygens (including phenoxy) is 1. The van der Waals surface area contributed by atoms with Crippen molar-refractivity contribution in [2.24, 2.45) is 0 Å². The second kappa shape index (κ2) is 7.56. The normalized spacial score (nSPS) is 29.5. The summed E-state index contributed by atoms with van der Waals surface area (Å²) in [5.74, 6) is -0.0110. The van der Waals surface area contributed by atoms with Gasteiger partial charge in [-0.05, 0) is 33.1 Å². The van der Waals surface area contributed by atoms with Crippen molar-refractivity contribution in [1.82, 2.24) is 10.2 Å². The summed E-state index contributed by atoms with van der Waals surface area (Å²) in [6, 6.07) is 0. The highest BCUT2D eigenvalue weighted by Crippen LogP contribution is 2.32. The molecular weight excluding hydrogens is 268 g/mol. The van der Waals surface area contributed by atoms with Crippen molar-refractivity contribution in [3.05, 3.63) is 0 Å². The highest BCUT2D eigenvalue weighted by molar-refractivity contribution is 5.77. The maximum atomic E-state index is 11.9. The lowest BCUT2D eigenvalue weighted by molar-refractivity contribution is -0.125. The summed E-state index contributed by atoms with van der Waals surface area (Å²) >= 11 is 0. The number of hydrogen-bond acceptors (Lipinski definition) is 4. The summed E-state index contributed by atoms with van der Waals surface area (Å²) in [4.78, 5) is 14.3. The Morgan fingerprint density at radius 3 is 2.52 bits per heavy atom. The molecule has 122 valence electrons. The Hall–Kier alpha value is -0.650. The number of aliphatic hydroxyl groups is 1. The first-order chi connectivity index (χ1) is 9.97. The van der Waals surface area contributed by atoms with Crippen LogP contribution in [-0.4, -0.2) is 59.9 Å². The lowest BCUT2D eigenvalue weighted by Gasteiger charge is -2.35. The zero-order valence-corrected chi connectivity index (χ0v) is 13.4. The van der Waals surface area contributed by atoms with Crippen LogP contribution in [0.15, 0.2) is 0 Å². The van der Waals surface area contributed by atoms with Gasteiger partial charge in [-0.2, -0.15) is 0 Å². The van der Waals surface area contributed by atoms with Gasteiger partial charge in [-0.1, -0.05) is 12.8 Å². The van der Waals surface area contributed by atoms with E-state index in [2.05, 4.69) is 24.1 Å². The minimum atomic E-state index is -0.737. The standard InChI is InChI=1S/C16H30N2O3/c1-13-11-18(12-14(2)21-13)9-5-8-17-15(19)10-16(20)6-3-4-7-16/h13-14,20H,3-12H2,1-2H3,(H,17,19). The Balaban J connectivity index is 1.58. The molecule has 1 aliphatic carbocycles. The van der Waals surface area contributed by atoms with Crippen molar-refractivity contribution in [3.8, 4) is 0 Å². The molecule has 1 aliphatic heterocycles. The van der Waals surface area contributed by atoms with Crippen LogP contribution in [0.25, 0.3) is 0 Å². The Bertz CT molecular complexity index is 332. The first-order valence-electron chi connectivity index (χ1n) is 8.34. The van der Waals surface area contributed by atoms with Crippen LogP contribution in [0.1, 0.15) is 52.4 Å². The minimum absolute atomic E-state index is 0.0110. The number of morpholine rings is 1. The fraction of sp³-hybridized carbons (Fsp3) is 0.938. The van der Waals surface area contributed by atoms with Crippen molar-refractivity contribution < 1.29 is 14.6 Å². The summed E-state index contributed by atoms with van der Waals surface area (Å²) in [6.07, 6.45) is 5.41. The Morgan fingerprint density at radius 1 is 1.29 bits per heavy atom. The van der Waals surface area contributed by atoms with Crippen LogP contribution in [0, 0.1) is 0 Å². The number of hydrogen-bond donors (Lipinski definition) is 2. The highest BCUT2D eigenvalue weighted by Gasteiger charge is 2.33. The second-order valence-corrected chi connectivity index (χ2v) is 6.83. The molecule has 1 saturated carbocycles. The van der Waals surface area contributed by atoms with Gasteiger partial charge in [0, 0.05) is 26.2 Å². The fourth-order valence-electron chi connectivity index (χ4n) is 3.57. The molecule has 1 saturated heterocycles. The summed E-state index contributed by atoms with van der Waals surface area (Å²) in [6.45, 7) is 7.83. The summed E-state index contributed by atoms with van der Waals surface area (Å²) in [5.41, 5.74) is -0.737. The van der Waals surface area contributed by atoms with Crippen molar-refractivity contribution in [2.75, 3.05) is 26.2 Å². The van der Waals surface area contributed by atoms with Crippen LogP contribution in [-0.2, 0) is 9.53 Å². The van der Waals surface area contributed by atoms with Crippen LogP contribution in [0.5, 0.6) is 0 Å². The van der Waals surface area contributed by atoms with Gasteiger partial charge >= 0.3 is 0 Å². The lowest BCUT2D eigenvalue weighted by atomic mass is 9.98. The highest BCUT2D eigenvalue weighted by atomic mass is 16.5. The van der Waals surface area contributed by atoms with Gasteiger partial charge in [0.15, 0.2) is 0 Å². The van der Waals surface area contributed by atoms with Gasteiger partial charge in [0.2, 0.25) is 5.91 Å². The van der Waals surface area contributed by atoms with E-state index in [-0.39, 0.29) is 12.3 Å². The Morgan fingerprint density at radius 2 is 1.90 bits per heavy atom. The maximum Gasteiger partial charge on any atom is 0.222 e. The molecule has 1 amide bonds. The molecular formula is C16H30N2O3. The Kier molecular flexibility index (Phi) is 6.02. The van der Waals surface area contributed by atoms with E-state index in [9.17, 15) is 9.90 Å². The van der Waals surface area contributed by atoms with E-state index < -0.39 is 5.60 Å². The van der Waals surface area contributed by atoms with Gasteiger partial charge in [-0.25, -0.2) is 0 Å². The van der Waals surface area contributed by atoms with Gasteiger partial charge in [-0.3, -0.25) is 9.69 Å². The molecule has 2 aliphatic rings. The van der Waals surface area contributed by atoms with E-state index in [1.807, 2.05) is 0 Å². The van der Waals surface area contributed by atoms with Gasteiger partial charge in [0.05, 0.1) is 24.2 Å². The largest absolute Gasteiger partial charge is 0.389 e. The molecule has 0 aromatic rings. The molecule has 2 unspecified atom stereocenters. The second-order valence-electron chi connectivity index (χ2n) is 6.83. The molecule has 0 aromatic carbocycles. The quantitative estimate of drug-likeness (QED) is 0.726. The number of carbonyl (C=O) groups excluding carboxylic acids is 1. The maximum absolute atomic E-state index is 11.9. The van der Waals surface area contributed by atoms with Crippen LogP contribution in [0.3, 0.4) is 0 Å². The molecule has 0 aromatic heterocycles. The van der Waals surface area contributed by atoms with Gasteiger partial charge in [0.1, 0.15) is 0 Å². The van der Waals surface area contributed by atoms with E-state index in [4.69, 9.17) is 4.74 Å². The molecule has 0 spiro atoms. The third kappa shape index (κ3) is 5.57. The molecule has 2 fully saturated rings. The van der Waals surface area contributed by atoms with Crippen LogP contribution < -0.4 is 5.32 Å². The zero-order valence-electron chi connectivity index (χ0n) is 13.4. The van der Waals surface area contributed by atoms with Crippen molar-refractivity contribution in [3.63, 3.8) is 0 Å². The summed E-state index contributed by atoms with van der Waals surface area (Å²) in [5, 5.41) is 13.1. The van der Waals surface area contributed by atoms with E-state index in [0.29, 0.717) is 18.8 Å². The number of carbonyl (C=O) groups is 1. The molecule has 0 bridgehead atoms. The van der Waals surface area contributed by atoms with E-state index in [1.54, 1.807) is 0 Å². The third-order valence-corrected chi connectivity index (χ3v) is 4.49. The lowest BCUT2D eigenvalue weighted by Crippen LogP contribution is -2.46. The van der Waals surface area contributed by atoms with Crippen molar-refractivity contribution >= 4 is 5.91 Å². The SMILES string of the molecule is CC1CN(CCCNC(=O)CC2(O)CCCC2)CC(C)O1. The fourth-order valence-corrected chi connectivity index (χ4v) is 3.57. The summed E-state index contributed by atoms with van der Waals surface area (Å²) < 4.78 is 5.71. The molecule has 21 heavy (non-hydrogen) atoms. The average Bonchev–Trinajstić information content (AvgIpc) is 2.80. The first-order valence-corrected chi connectivity index (χ1v) is 8.34. The minimum Gasteiger partial charge on any atom is -0.389 e. The topological polar surface area (TPSA) is 61.8 Å². The van der Waals surface area contributed by atoms with Crippen LogP contribution >= 0.6 is 0 Å². The molecule has 2 N–H and O–H groups in total. The summed E-state index contributed by atoms with van der Waals surface area (Å²) in [7, 11) is 0. The van der Waals surface area contributed by atoms with Crippen molar-refractivity contribution in [1.29, 1.82) is 0 Å². The number of amides is 1. The van der Waals surface area contributed by atoms with E-state index in [0.717, 1.165) is 51.7 Å². The number of nitrogens with zero attached hydrogens (tertiary/aromatic N) is 1. The Labute approximate surface area is 128 Å². The first kappa shape index (κ1) is 16.7. The molecule has 0 radical (unpaired) electrons. The molecule has 2 atom stereocenters. The monoisotopic (exact) mass is 298 g/mol.